The molecular weight excluding hydrogens is 764 g/mol. The Balaban J connectivity index is 1.19. The molecule has 0 bridgehead atoms. The van der Waals surface area contributed by atoms with Crippen LogP contribution in [-0.4, -0.2) is 101 Å². The number of aliphatic hydroxyl groups excluding tert-OH is 3. The molecule has 4 aromatic carbocycles. The molecule has 302 valence electrons. The van der Waals surface area contributed by atoms with Crippen LogP contribution in [0.5, 0.6) is 11.5 Å². The van der Waals surface area contributed by atoms with Gasteiger partial charge in [-0.25, -0.2) is 9.59 Å². The third-order valence-corrected chi connectivity index (χ3v) is 10.2. The first-order chi connectivity index (χ1) is 27.4. The Hall–Kier alpha value is -5.49. The fraction of sp³-hybridized carbons (Fsp3) is 0.350. The van der Waals surface area contributed by atoms with Crippen molar-refractivity contribution in [1.82, 2.24) is 0 Å². The maximum absolute atomic E-state index is 13.7. The van der Waals surface area contributed by atoms with Crippen molar-refractivity contribution in [3.8, 4) is 11.5 Å². The van der Waals surface area contributed by atoms with Gasteiger partial charge < -0.3 is 55.3 Å². The number of aliphatic hydroxyl groups is 3. The van der Waals surface area contributed by atoms with E-state index >= 15 is 0 Å². The van der Waals surface area contributed by atoms with Crippen LogP contribution >= 0.6 is 11.6 Å². The van der Waals surface area contributed by atoms with Crippen molar-refractivity contribution in [1.29, 1.82) is 0 Å². The number of carbonyl (C=O) groups excluding carboxylic acids is 3. The Morgan fingerprint density at radius 2 is 1.61 bits per heavy atom. The van der Waals surface area contributed by atoms with E-state index in [0.717, 1.165) is 27.6 Å². The van der Waals surface area contributed by atoms with Crippen molar-refractivity contribution in [3.05, 3.63) is 89.5 Å². The molecule has 2 aliphatic heterocycles. The summed E-state index contributed by atoms with van der Waals surface area (Å²) in [5, 5.41) is 47.1. The van der Waals surface area contributed by atoms with Gasteiger partial charge in [-0.05, 0) is 58.8 Å². The van der Waals surface area contributed by atoms with Crippen molar-refractivity contribution in [2.45, 2.75) is 62.5 Å². The van der Waals surface area contributed by atoms with Crippen LogP contribution < -0.4 is 30.7 Å². The lowest BCUT2D eigenvalue weighted by Crippen LogP contribution is -2.61. The Kier molecular flexibility index (Phi) is 13.1. The maximum Gasteiger partial charge on any atom is 0.411 e. The molecule has 1 saturated heterocycles. The molecule has 6 atom stereocenters. The van der Waals surface area contributed by atoms with Gasteiger partial charge in [0.25, 0.3) is 0 Å². The molecule has 0 spiro atoms. The average molecular weight is 807 g/mol. The van der Waals surface area contributed by atoms with Crippen LogP contribution in [-0.2, 0) is 36.9 Å². The van der Waals surface area contributed by atoms with Crippen LogP contribution in [0, 0.1) is 0 Å². The molecule has 17 heteroatoms. The molecule has 2 heterocycles. The van der Waals surface area contributed by atoms with Gasteiger partial charge in [0.2, 0.25) is 18.1 Å². The number of benzene rings is 4. The van der Waals surface area contributed by atoms with Crippen molar-refractivity contribution in [2.24, 2.45) is 5.73 Å². The number of nitrogens with zero attached hydrogens (tertiary/aromatic N) is 1. The van der Waals surface area contributed by atoms with Gasteiger partial charge >= 0.3 is 12.1 Å². The third kappa shape index (κ3) is 9.23. The van der Waals surface area contributed by atoms with Crippen molar-refractivity contribution >= 4 is 63.3 Å². The molecule has 6 rings (SSSR count). The molecule has 4 aromatic rings. The van der Waals surface area contributed by atoms with E-state index in [9.17, 15) is 39.6 Å². The zero-order chi connectivity index (χ0) is 40.8. The number of hydrogen-bond acceptors (Lipinski definition) is 12. The first kappa shape index (κ1) is 41.2. The molecule has 0 aromatic heterocycles. The monoisotopic (exact) mass is 806 g/mol. The van der Waals surface area contributed by atoms with Crippen LogP contribution in [0.15, 0.2) is 72.8 Å². The number of alkyl halides is 1. The van der Waals surface area contributed by atoms with Gasteiger partial charge in [0, 0.05) is 48.8 Å². The van der Waals surface area contributed by atoms with Gasteiger partial charge in [0.05, 0.1) is 18.5 Å². The van der Waals surface area contributed by atoms with E-state index in [-0.39, 0.29) is 55.1 Å². The second-order valence-electron chi connectivity index (χ2n) is 13.6. The number of fused-ring (bicyclic) bond motifs is 3. The number of nitrogens with one attached hydrogen (secondary N) is 2. The Labute approximate surface area is 332 Å². The molecular formula is C40H43ClN4O12. The van der Waals surface area contributed by atoms with Crippen molar-refractivity contribution in [2.75, 3.05) is 41.6 Å². The fourth-order valence-electron chi connectivity index (χ4n) is 6.87. The summed E-state index contributed by atoms with van der Waals surface area (Å²) >= 11 is 6.44. The Morgan fingerprint density at radius 1 is 0.895 bits per heavy atom. The summed E-state index contributed by atoms with van der Waals surface area (Å²) < 4.78 is 21.7. The predicted molar refractivity (Wildman–Crippen MR) is 209 cm³/mol. The number of carboxylic acids is 1. The molecule has 2 aliphatic rings. The number of amides is 3. The lowest BCUT2D eigenvalue weighted by molar-refractivity contribution is -0.271. The van der Waals surface area contributed by atoms with Gasteiger partial charge in [-0.3, -0.25) is 14.9 Å². The van der Waals surface area contributed by atoms with E-state index in [1.54, 1.807) is 18.1 Å². The number of aliphatic carboxylic acids is 1. The quantitative estimate of drug-likeness (QED) is 0.0905. The Bertz CT molecular complexity index is 2120. The summed E-state index contributed by atoms with van der Waals surface area (Å²) in [6.07, 6.45) is -9.46. The van der Waals surface area contributed by atoms with Gasteiger partial charge in [0.1, 0.15) is 36.4 Å². The minimum atomic E-state index is -1.93. The second-order valence-corrected chi connectivity index (χ2v) is 13.9. The second kappa shape index (κ2) is 18.2. The topological polar surface area (TPSA) is 239 Å². The summed E-state index contributed by atoms with van der Waals surface area (Å²) in [4.78, 5) is 52.9. The van der Waals surface area contributed by atoms with Crippen LogP contribution in [0.1, 0.15) is 35.4 Å². The number of hydrogen-bond donors (Lipinski definition) is 7. The highest BCUT2D eigenvalue weighted by atomic mass is 35.5. The minimum absolute atomic E-state index is 0.0271. The zero-order valence-corrected chi connectivity index (χ0v) is 31.6. The van der Waals surface area contributed by atoms with Gasteiger partial charge in [-0.2, -0.15) is 0 Å². The normalized spacial score (nSPS) is 21.4. The number of anilines is 3. The number of aryl methyl sites for hydroxylation is 1. The molecule has 0 saturated carbocycles. The molecule has 3 amide bonds. The SMILES string of the molecule is COc1ccc(CCC(=O)N2CC(CCl)c3c2cc(NC(=O)OCc2ccc(O[C@@H]4O[C@H](C(=O)O)[C@@H](O)[C@H](O)[C@H]4O)c(NC(=O)CCN)c2)c2ccccc32)cc1. The first-order valence-electron chi connectivity index (χ1n) is 18.1. The number of methoxy groups -OCH3 is 1. The predicted octanol–water partition coefficient (Wildman–Crippen LogP) is 3.46. The molecule has 57 heavy (non-hydrogen) atoms. The fourth-order valence-corrected chi connectivity index (χ4v) is 7.12. The molecule has 1 fully saturated rings. The van der Waals surface area contributed by atoms with Crippen molar-refractivity contribution in [3.63, 3.8) is 0 Å². The van der Waals surface area contributed by atoms with Crippen LogP contribution in [0.2, 0.25) is 0 Å². The summed E-state index contributed by atoms with van der Waals surface area (Å²) in [6.45, 7) is 0.128. The smallest absolute Gasteiger partial charge is 0.411 e. The Morgan fingerprint density at radius 3 is 2.30 bits per heavy atom. The lowest BCUT2D eigenvalue weighted by atomic mass is 9.95. The number of halogens is 1. The minimum Gasteiger partial charge on any atom is -0.497 e. The highest BCUT2D eigenvalue weighted by Gasteiger charge is 2.48. The highest BCUT2D eigenvalue weighted by molar-refractivity contribution is 6.19. The standard InChI is InChI=1S/C40H43ClN4O12/c1-54-24-10-6-21(7-11-24)9-13-32(47)45-19-23(18-41)33-26-5-3-2-4-25(26)27(17-29(33)45)44-40(53)55-20-22-8-12-30(28(16-22)43-31(46)14-15-42)56-39-36(50)34(48)35(49)37(57-39)38(51)52/h2-8,10-12,16-17,23,34-37,39,48-50H,9,13-15,18-20,42H2,1H3,(H,43,46)(H,44,53)(H,51,52)/t23?,34-,35-,36+,37-,39+/m0/s1. The van der Waals surface area contributed by atoms with Gasteiger partial charge in [0.15, 0.2) is 6.10 Å². The summed E-state index contributed by atoms with van der Waals surface area (Å²) in [6, 6.07) is 21.0. The third-order valence-electron chi connectivity index (χ3n) is 9.79. The number of nitrogens with two attached hydrogens (primary N) is 1. The van der Waals surface area contributed by atoms with Crippen LogP contribution in [0.3, 0.4) is 0 Å². The number of ether oxygens (including phenoxy) is 4. The van der Waals surface area contributed by atoms with E-state index in [2.05, 4.69) is 10.6 Å². The summed E-state index contributed by atoms with van der Waals surface area (Å²) in [7, 11) is 1.59. The number of rotatable bonds is 14. The van der Waals surface area contributed by atoms with Crippen molar-refractivity contribution < 1.29 is 58.6 Å². The van der Waals surface area contributed by atoms with E-state index in [4.69, 9.17) is 36.3 Å². The zero-order valence-electron chi connectivity index (χ0n) is 30.8. The molecule has 16 nitrogen and oxygen atoms in total. The molecule has 0 radical (unpaired) electrons. The summed E-state index contributed by atoms with van der Waals surface area (Å²) in [5.41, 5.74) is 8.92. The van der Waals surface area contributed by atoms with Crippen LogP contribution in [0.25, 0.3) is 10.8 Å². The van der Waals surface area contributed by atoms with E-state index < -0.39 is 48.7 Å². The maximum atomic E-state index is 13.7. The molecule has 0 aliphatic carbocycles. The number of carbonyl (C=O) groups is 4. The largest absolute Gasteiger partial charge is 0.497 e. The first-order valence-corrected chi connectivity index (χ1v) is 18.7. The van der Waals surface area contributed by atoms with Crippen LogP contribution in [0.4, 0.5) is 21.9 Å². The molecule has 8 N–H and O–H groups in total. The van der Waals surface area contributed by atoms with Gasteiger partial charge in [-0.15, -0.1) is 11.6 Å². The van der Waals surface area contributed by atoms with Gasteiger partial charge in [-0.1, -0.05) is 42.5 Å². The highest BCUT2D eigenvalue weighted by Crippen LogP contribution is 2.45. The molecule has 1 unspecified atom stereocenters. The number of carboxylic acid groups (broad SMARTS) is 1. The average Bonchev–Trinajstić information content (AvgIpc) is 3.59. The van der Waals surface area contributed by atoms with E-state index in [1.807, 2.05) is 48.5 Å². The summed E-state index contributed by atoms with van der Waals surface area (Å²) in [5.74, 6) is -1.40. The van der Waals surface area contributed by atoms with E-state index in [0.29, 0.717) is 29.9 Å². The lowest BCUT2D eigenvalue weighted by Gasteiger charge is -2.38. The van der Waals surface area contributed by atoms with E-state index in [1.165, 1.54) is 18.2 Å².